The zero-order valence-electron chi connectivity index (χ0n) is 12.7. The third-order valence-electron chi connectivity index (χ3n) is 4.13. The number of rotatable bonds is 5. The number of ether oxygens (including phenoxy) is 2. The van der Waals surface area contributed by atoms with Gasteiger partial charge in [-0.2, -0.15) is 0 Å². The lowest BCUT2D eigenvalue weighted by molar-refractivity contribution is 0.0102. The second-order valence-electron chi connectivity index (χ2n) is 5.43. The Morgan fingerprint density at radius 1 is 1.43 bits per heavy atom. The molecule has 5 heteroatoms. The van der Waals surface area contributed by atoms with E-state index >= 15 is 0 Å². The first-order valence-electron chi connectivity index (χ1n) is 7.32. The van der Waals surface area contributed by atoms with Gasteiger partial charge in [-0.1, -0.05) is 12.1 Å². The van der Waals surface area contributed by atoms with Gasteiger partial charge in [0.2, 0.25) is 0 Å². The van der Waals surface area contributed by atoms with Crippen LogP contribution < -0.4 is 5.73 Å². The smallest absolute Gasteiger partial charge is 0.337 e. The molecule has 2 N–H and O–H groups in total. The van der Waals surface area contributed by atoms with Crippen molar-refractivity contribution in [3.8, 4) is 0 Å². The van der Waals surface area contributed by atoms with E-state index in [0.717, 1.165) is 31.5 Å². The number of likely N-dealkylation sites (tertiary alicyclic amines) is 1. The molecule has 21 heavy (non-hydrogen) atoms. The Balaban J connectivity index is 2.05. The van der Waals surface area contributed by atoms with Crippen molar-refractivity contribution in [3.63, 3.8) is 0 Å². The maximum absolute atomic E-state index is 11.6. The minimum absolute atomic E-state index is 0.301. The maximum atomic E-state index is 11.6. The molecular formula is C16H24N2O3. The lowest BCUT2D eigenvalue weighted by Gasteiger charge is -2.38. The fourth-order valence-electron chi connectivity index (χ4n) is 2.88. The highest BCUT2D eigenvalue weighted by atomic mass is 16.5. The molecule has 1 saturated heterocycles. The summed E-state index contributed by atoms with van der Waals surface area (Å²) in [5, 5.41) is 0. The van der Waals surface area contributed by atoms with Crippen LogP contribution in [-0.4, -0.2) is 50.3 Å². The normalized spacial score (nSPS) is 23.0. The van der Waals surface area contributed by atoms with Crippen molar-refractivity contribution in [2.24, 2.45) is 5.73 Å². The second-order valence-corrected chi connectivity index (χ2v) is 5.43. The van der Waals surface area contributed by atoms with Crippen LogP contribution in [0, 0.1) is 0 Å². The first-order valence-corrected chi connectivity index (χ1v) is 7.32. The Bertz CT molecular complexity index is 478. The Hall–Kier alpha value is -1.43. The Morgan fingerprint density at radius 2 is 2.24 bits per heavy atom. The van der Waals surface area contributed by atoms with E-state index in [2.05, 4.69) is 4.90 Å². The number of hydrogen-bond donors (Lipinski definition) is 1. The molecule has 0 radical (unpaired) electrons. The Morgan fingerprint density at radius 3 is 2.90 bits per heavy atom. The van der Waals surface area contributed by atoms with Gasteiger partial charge >= 0.3 is 5.97 Å². The average Bonchev–Trinajstić information content (AvgIpc) is 2.54. The first-order chi connectivity index (χ1) is 10.2. The molecule has 1 heterocycles. The van der Waals surface area contributed by atoms with Crippen molar-refractivity contribution in [2.75, 3.05) is 27.3 Å². The van der Waals surface area contributed by atoms with E-state index in [1.54, 1.807) is 13.2 Å². The lowest BCUT2D eigenvalue weighted by atomic mass is 9.98. The molecule has 2 rings (SSSR count). The summed E-state index contributed by atoms with van der Waals surface area (Å²) in [6.45, 7) is 2.38. The summed E-state index contributed by atoms with van der Waals surface area (Å²) in [5.74, 6) is -0.301. The van der Waals surface area contributed by atoms with Gasteiger partial charge in [0.25, 0.3) is 0 Å². The maximum Gasteiger partial charge on any atom is 0.337 e. The van der Waals surface area contributed by atoms with Crippen molar-refractivity contribution in [2.45, 2.75) is 31.5 Å². The number of benzene rings is 1. The number of hydrogen-bond acceptors (Lipinski definition) is 5. The standard InChI is InChI=1S/C16H24N2O3/c1-20-15-6-7-18(14(9-15)10-17)11-12-4-3-5-13(8-12)16(19)21-2/h3-5,8,14-15H,6-7,9-11,17H2,1-2H3. The first kappa shape index (κ1) is 15.9. The average molecular weight is 292 g/mol. The highest BCUT2D eigenvalue weighted by Gasteiger charge is 2.27. The number of carbonyl (C=O) groups excluding carboxylic acids is 1. The Kier molecular flexibility index (Phi) is 5.73. The van der Waals surface area contributed by atoms with Gasteiger partial charge in [0, 0.05) is 32.8 Å². The summed E-state index contributed by atoms with van der Waals surface area (Å²) < 4.78 is 10.2. The topological polar surface area (TPSA) is 64.8 Å². The molecule has 2 unspecified atom stereocenters. The van der Waals surface area contributed by atoms with E-state index in [-0.39, 0.29) is 5.97 Å². The van der Waals surface area contributed by atoms with Crippen LogP contribution in [0.15, 0.2) is 24.3 Å². The van der Waals surface area contributed by atoms with E-state index in [0.29, 0.717) is 24.3 Å². The highest BCUT2D eigenvalue weighted by molar-refractivity contribution is 5.89. The molecule has 0 spiro atoms. The van der Waals surface area contributed by atoms with Crippen molar-refractivity contribution < 1.29 is 14.3 Å². The molecule has 1 aliphatic heterocycles. The second kappa shape index (κ2) is 7.54. The largest absolute Gasteiger partial charge is 0.465 e. The SMILES string of the molecule is COC(=O)c1cccc(CN2CCC(OC)CC2CN)c1. The van der Waals surface area contributed by atoms with Crippen LogP contribution in [0.5, 0.6) is 0 Å². The van der Waals surface area contributed by atoms with Crippen LogP contribution in [0.4, 0.5) is 0 Å². The molecule has 1 aromatic carbocycles. The van der Waals surface area contributed by atoms with Gasteiger partial charge in [0.1, 0.15) is 0 Å². The van der Waals surface area contributed by atoms with Gasteiger partial charge < -0.3 is 15.2 Å². The van der Waals surface area contributed by atoms with E-state index < -0.39 is 0 Å². The molecule has 0 aromatic heterocycles. The molecule has 1 aliphatic rings. The molecule has 116 valence electrons. The Labute approximate surface area is 126 Å². The quantitative estimate of drug-likeness (QED) is 0.831. The molecule has 5 nitrogen and oxygen atoms in total. The van der Waals surface area contributed by atoms with Crippen molar-refractivity contribution in [1.82, 2.24) is 4.90 Å². The van der Waals surface area contributed by atoms with Crippen LogP contribution >= 0.6 is 0 Å². The number of esters is 1. The molecular weight excluding hydrogens is 268 g/mol. The van der Waals surface area contributed by atoms with Gasteiger partial charge in [0.05, 0.1) is 18.8 Å². The zero-order valence-corrected chi connectivity index (χ0v) is 12.7. The fraction of sp³-hybridized carbons (Fsp3) is 0.562. The number of carbonyl (C=O) groups is 1. The molecule has 2 atom stereocenters. The van der Waals surface area contributed by atoms with E-state index in [9.17, 15) is 4.79 Å². The van der Waals surface area contributed by atoms with Crippen molar-refractivity contribution in [1.29, 1.82) is 0 Å². The summed E-state index contributed by atoms with van der Waals surface area (Å²) in [6.07, 6.45) is 2.28. The number of methoxy groups -OCH3 is 2. The number of nitrogens with two attached hydrogens (primary N) is 1. The lowest BCUT2D eigenvalue weighted by Crippen LogP contribution is -2.47. The summed E-state index contributed by atoms with van der Waals surface area (Å²) in [4.78, 5) is 14.0. The minimum atomic E-state index is -0.301. The predicted octanol–water partition coefficient (Wildman–Crippen LogP) is 1.41. The summed E-state index contributed by atoms with van der Waals surface area (Å²) in [6, 6.07) is 7.91. The summed E-state index contributed by atoms with van der Waals surface area (Å²) in [5.41, 5.74) is 7.59. The molecule has 1 aromatic rings. The molecule has 0 aliphatic carbocycles. The highest BCUT2D eigenvalue weighted by Crippen LogP contribution is 2.21. The third-order valence-corrected chi connectivity index (χ3v) is 4.13. The summed E-state index contributed by atoms with van der Waals surface area (Å²) >= 11 is 0. The van der Waals surface area contributed by atoms with Crippen LogP contribution in [0.2, 0.25) is 0 Å². The predicted molar refractivity (Wildman–Crippen MR) is 81.1 cm³/mol. The molecule has 1 fully saturated rings. The van der Waals surface area contributed by atoms with Gasteiger partial charge in [-0.25, -0.2) is 4.79 Å². The van der Waals surface area contributed by atoms with Gasteiger partial charge in [0.15, 0.2) is 0 Å². The van der Waals surface area contributed by atoms with E-state index in [1.165, 1.54) is 7.11 Å². The molecule has 0 saturated carbocycles. The van der Waals surface area contributed by atoms with Crippen LogP contribution in [-0.2, 0) is 16.0 Å². The third kappa shape index (κ3) is 4.03. The van der Waals surface area contributed by atoms with Crippen LogP contribution in [0.1, 0.15) is 28.8 Å². The zero-order chi connectivity index (χ0) is 15.2. The summed E-state index contributed by atoms with van der Waals surface area (Å²) in [7, 11) is 3.16. The molecule has 0 amide bonds. The monoisotopic (exact) mass is 292 g/mol. The fourth-order valence-corrected chi connectivity index (χ4v) is 2.88. The molecule has 0 bridgehead atoms. The number of piperidine rings is 1. The van der Waals surface area contributed by atoms with Gasteiger partial charge in [-0.15, -0.1) is 0 Å². The van der Waals surface area contributed by atoms with E-state index in [1.807, 2.05) is 18.2 Å². The van der Waals surface area contributed by atoms with Crippen LogP contribution in [0.25, 0.3) is 0 Å². The van der Waals surface area contributed by atoms with Crippen LogP contribution in [0.3, 0.4) is 0 Å². The van der Waals surface area contributed by atoms with E-state index in [4.69, 9.17) is 15.2 Å². The minimum Gasteiger partial charge on any atom is -0.465 e. The van der Waals surface area contributed by atoms with Crippen molar-refractivity contribution >= 4 is 5.97 Å². The van der Waals surface area contributed by atoms with Gasteiger partial charge in [-0.05, 0) is 30.5 Å². The van der Waals surface area contributed by atoms with Crippen molar-refractivity contribution in [3.05, 3.63) is 35.4 Å². The van der Waals surface area contributed by atoms with Gasteiger partial charge in [-0.3, -0.25) is 4.90 Å². The number of nitrogens with zero attached hydrogens (tertiary/aromatic N) is 1.